The van der Waals surface area contributed by atoms with E-state index in [9.17, 15) is 9.00 Å². The third kappa shape index (κ3) is 4.78. The van der Waals surface area contributed by atoms with E-state index >= 15 is 0 Å². The molecule has 0 fully saturated rings. The molecule has 3 nitrogen and oxygen atoms in total. The second kappa shape index (κ2) is 8.71. The summed E-state index contributed by atoms with van der Waals surface area (Å²) in [7, 11) is -1.37. The summed E-state index contributed by atoms with van der Waals surface area (Å²) < 4.78 is 19.4. The monoisotopic (exact) mass is 416 g/mol. The number of hydrogen-bond donors (Lipinski definition) is 0. The first kappa shape index (κ1) is 19.6. The van der Waals surface area contributed by atoms with Crippen LogP contribution in [0.1, 0.15) is 11.1 Å². The molecule has 1 aromatic heterocycles. The first-order chi connectivity index (χ1) is 13.0. The van der Waals surface area contributed by atoms with Crippen LogP contribution in [0.3, 0.4) is 0 Å². The van der Waals surface area contributed by atoms with Crippen LogP contribution in [0.5, 0.6) is 5.75 Å². The van der Waals surface area contributed by atoms with Crippen LogP contribution in [0.15, 0.2) is 51.5 Å². The van der Waals surface area contributed by atoms with Gasteiger partial charge < -0.3 is 4.74 Å². The van der Waals surface area contributed by atoms with Crippen molar-refractivity contribution >= 4 is 43.8 Å². The van der Waals surface area contributed by atoms with E-state index in [4.69, 9.17) is 16.3 Å². The second-order valence-electron chi connectivity index (χ2n) is 5.90. The minimum atomic E-state index is -1.37. The van der Waals surface area contributed by atoms with Crippen LogP contribution in [-0.2, 0) is 10.8 Å². The van der Waals surface area contributed by atoms with Crippen molar-refractivity contribution in [2.45, 2.75) is 18.1 Å². The van der Waals surface area contributed by atoms with E-state index in [1.165, 1.54) is 17.4 Å². The minimum Gasteiger partial charge on any atom is -0.481 e. The van der Waals surface area contributed by atoms with Crippen molar-refractivity contribution in [1.29, 1.82) is 0 Å². The van der Waals surface area contributed by atoms with Gasteiger partial charge in [-0.05, 0) is 49.2 Å². The number of aryl methyl sites for hydroxylation is 1. The molecule has 138 valence electrons. The maximum Gasteiger partial charge on any atom is 0.189 e. The third-order valence-corrected chi connectivity index (χ3v) is 6.97. The molecule has 6 heteroatoms. The molecule has 3 aromatic rings. The van der Waals surface area contributed by atoms with Gasteiger partial charge in [0.1, 0.15) is 12.4 Å². The van der Waals surface area contributed by atoms with Crippen molar-refractivity contribution in [2.24, 2.45) is 0 Å². The molecule has 0 amide bonds. The average Bonchev–Trinajstić information content (AvgIpc) is 2.64. The fourth-order valence-corrected chi connectivity index (χ4v) is 4.97. The Balaban J connectivity index is 1.66. The summed E-state index contributed by atoms with van der Waals surface area (Å²) >= 11 is 7.29. The van der Waals surface area contributed by atoms with E-state index in [1.807, 2.05) is 32.0 Å². The fourth-order valence-electron chi connectivity index (χ4n) is 2.45. The zero-order chi connectivity index (χ0) is 19.4. The number of halogens is 1. The average molecular weight is 417 g/mol. The van der Waals surface area contributed by atoms with Gasteiger partial charge in [-0.15, -0.1) is 11.3 Å². The highest BCUT2D eigenvalue weighted by Crippen LogP contribution is 2.24. The highest BCUT2D eigenvalue weighted by Gasteiger charge is 2.08. The summed E-state index contributed by atoms with van der Waals surface area (Å²) in [4.78, 5) is 12.2. The van der Waals surface area contributed by atoms with Gasteiger partial charge in [-0.3, -0.25) is 9.00 Å². The lowest BCUT2D eigenvalue weighted by molar-refractivity contribution is 0.367. The Hall–Kier alpha value is -2.13. The minimum absolute atomic E-state index is 0.151. The lowest BCUT2D eigenvalue weighted by Crippen LogP contribution is -2.03. The SMILES string of the molecule is Cc1cccc(OCC#CCS(=O)c2cc(=O)c3ccc(Cl)cc3s2)c1C. The Kier molecular flexibility index (Phi) is 6.33. The van der Waals surface area contributed by atoms with Crippen molar-refractivity contribution < 1.29 is 8.95 Å². The Labute approximate surface area is 169 Å². The van der Waals surface area contributed by atoms with E-state index in [1.54, 1.807) is 18.2 Å². The first-order valence-electron chi connectivity index (χ1n) is 8.22. The van der Waals surface area contributed by atoms with E-state index in [0.717, 1.165) is 21.6 Å². The summed E-state index contributed by atoms with van der Waals surface area (Å²) in [5, 5.41) is 1.13. The van der Waals surface area contributed by atoms with Crippen LogP contribution < -0.4 is 10.2 Å². The largest absolute Gasteiger partial charge is 0.481 e. The molecule has 2 aromatic carbocycles. The zero-order valence-corrected chi connectivity index (χ0v) is 17.3. The topological polar surface area (TPSA) is 43.4 Å². The summed E-state index contributed by atoms with van der Waals surface area (Å²) in [5.74, 6) is 6.70. The molecule has 0 spiro atoms. The highest BCUT2D eigenvalue weighted by atomic mass is 35.5. The second-order valence-corrected chi connectivity index (χ2v) is 9.10. The Morgan fingerprint density at radius 2 is 1.96 bits per heavy atom. The molecule has 0 saturated heterocycles. The Morgan fingerprint density at radius 3 is 2.78 bits per heavy atom. The fraction of sp³-hybridized carbons (Fsp3) is 0.190. The maximum atomic E-state index is 12.5. The van der Waals surface area contributed by atoms with E-state index in [0.29, 0.717) is 14.6 Å². The van der Waals surface area contributed by atoms with Crippen molar-refractivity contribution in [1.82, 2.24) is 0 Å². The Bertz CT molecular complexity index is 1140. The van der Waals surface area contributed by atoms with Gasteiger partial charge in [0.15, 0.2) is 5.43 Å². The van der Waals surface area contributed by atoms with Gasteiger partial charge in [0, 0.05) is 21.2 Å². The molecule has 27 heavy (non-hydrogen) atoms. The normalized spacial score (nSPS) is 11.7. The molecule has 3 rings (SSSR count). The Morgan fingerprint density at radius 1 is 1.15 bits per heavy atom. The molecule has 0 radical (unpaired) electrons. The van der Waals surface area contributed by atoms with Crippen LogP contribution in [0, 0.1) is 25.7 Å². The molecule has 0 N–H and O–H groups in total. The summed E-state index contributed by atoms with van der Waals surface area (Å²) in [5.41, 5.74) is 2.09. The van der Waals surface area contributed by atoms with Gasteiger partial charge >= 0.3 is 0 Å². The summed E-state index contributed by atoms with van der Waals surface area (Å²) in [6.07, 6.45) is 0. The van der Waals surface area contributed by atoms with Gasteiger partial charge in [0.05, 0.1) is 20.8 Å². The van der Waals surface area contributed by atoms with Crippen LogP contribution in [0.2, 0.25) is 5.02 Å². The summed E-state index contributed by atoms with van der Waals surface area (Å²) in [6, 6.07) is 12.4. The number of hydrogen-bond acceptors (Lipinski definition) is 4. The lowest BCUT2D eigenvalue weighted by atomic mass is 10.1. The van der Waals surface area contributed by atoms with Gasteiger partial charge in [-0.2, -0.15) is 0 Å². The van der Waals surface area contributed by atoms with Crippen molar-refractivity contribution in [3.8, 4) is 17.6 Å². The molecule has 1 unspecified atom stereocenters. The van der Waals surface area contributed by atoms with Gasteiger partial charge in [-0.1, -0.05) is 35.6 Å². The molecule has 0 aliphatic heterocycles. The maximum absolute atomic E-state index is 12.5. The predicted octanol–water partition coefficient (Wildman–Crippen LogP) is 4.72. The van der Waals surface area contributed by atoms with Crippen LogP contribution in [-0.4, -0.2) is 16.6 Å². The van der Waals surface area contributed by atoms with Crippen molar-refractivity contribution in [3.05, 3.63) is 68.8 Å². The van der Waals surface area contributed by atoms with E-state index in [2.05, 4.69) is 11.8 Å². The van der Waals surface area contributed by atoms with Crippen LogP contribution in [0.4, 0.5) is 0 Å². The molecular weight excluding hydrogens is 400 g/mol. The van der Waals surface area contributed by atoms with Gasteiger partial charge in [-0.25, -0.2) is 0 Å². The van der Waals surface area contributed by atoms with Crippen LogP contribution in [0.25, 0.3) is 10.1 Å². The number of benzene rings is 2. The van der Waals surface area contributed by atoms with E-state index < -0.39 is 10.8 Å². The quantitative estimate of drug-likeness (QED) is 0.578. The number of rotatable bonds is 4. The van der Waals surface area contributed by atoms with Crippen molar-refractivity contribution in [3.63, 3.8) is 0 Å². The lowest BCUT2D eigenvalue weighted by Gasteiger charge is -2.07. The third-order valence-electron chi connectivity index (χ3n) is 4.08. The zero-order valence-electron chi connectivity index (χ0n) is 14.9. The molecule has 0 aliphatic rings. The summed E-state index contributed by atoms with van der Waals surface area (Å²) in [6.45, 7) is 4.26. The molecule has 1 atom stereocenters. The molecule has 0 aliphatic carbocycles. The van der Waals surface area contributed by atoms with Gasteiger partial charge in [0.2, 0.25) is 0 Å². The smallest absolute Gasteiger partial charge is 0.189 e. The highest BCUT2D eigenvalue weighted by molar-refractivity contribution is 7.87. The molecular formula is C21H17ClO3S2. The van der Waals surface area contributed by atoms with Crippen molar-refractivity contribution in [2.75, 3.05) is 12.4 Å². The van der Waals surface area contributed by atoms with Gasteiger partial charge in [0.25, 0.3) is 0 Å². The predicted molar refractivity (Wildman–Crippen MR) is 114 cm³/mol. The molecule has 0 bridgehead atoms. The molecule has 1 heterocycles. The number of ether oxygens (including phenoxy) is 1. The van der Waals surface area contributed by atoms with E-state index in [-0.39, 0.29) is 17.8 Å². The van der Waals surface area contributed by atoms with Crippen LogP contribution >= 0.6 is 22.9 Å². The standard InChI is InChI=1S/C21H17ClO3S2/c1-14-6-5-7-19(15(14)2)25-10-3-4-11-27(24)21-13-18(23)17-9-8-16(22)12-20(17)26-21/h5-9,12-13H,10-11H2,1-2H3. The first-order valence-corrected chi connectivity index (χ1v) is 10.7. The number of fused-ring (bicyclic) bond motifs is 1. The molecule has 0 saturated carbocycles.